The monoisotopic (exact) mass is 974 g/mol. The van der Waals surface area contributed by atoms with Crippen LogP contribution in [0.1, 0.15) is 271 Å². The van der Waals surface area contributed by atoms with Gasteiger partial charge in [-0.25, -0.2) is 0 Å². The van der Waals surface area contributed by atoms with Crippen molar-refractivity contribution in [1.82, 2.24) is 0 Å². The van der Waals surface area contributed by atoms with Crippen LogP contribution in [0.25, 0.3) is 0 Å². The molecular weight excluding hydrogens is 863 g/mol. The number of hydrogen-bond acceptors (Lipinski definition) is 8. The van der Waals surface area contributed by atoms with Crippen molar-refractivity contribution in [3.63, 3.8) is 0 Å². The minimum Gasteiger partial charge on any atom is -0.545 e. The van der Waals surface area contributed by atoms with E-state index in [9.17, 15) is 19.5 Å². The number of aliphatic carboxylic acids is 1. The second-order valence-electron chi connectivity index (χ2n) is 20.9. The van der Waals surface area contributed by atoms with E-state index in [0.29, 0.717) is 23.9 Å². The third-order valence-corrected chi connectivity index (χ3v) is 12.9. The van der Waals surface area contributed by atoms with Crippen molar-refractivity contribution in [3.05, 3.63) is 36.5 Å². The van der Waals surface area contributed by atoms with Gasteiger partial charge in [-0.05, 0) is 51.4 Å². The Kier molecular flexibility index (Phi) is 50.0. The summed E-state index contributed by atoms with van der Waals surface area (Å²) in [6.45, 7) is 4.77. The second kappa shape index (κ2) is 51.9. The Hall–Kier alpha value is -2.49. The number of carboxylic acid groups (broad SMARTS) is 1. The van der Waals surface area contributed by atoms with Crippen LogP contribution in [0.3, 0.4) is 0 Å². The largest absolute Gasteiger partial charge is 0.545 e. The Morgan fingerprint density at radius 1 is 0.435 bits per heavy atom. The van der Waals surface area contributed by atoms with Gasteiger partial charge in [0, 0.05) is 12.8 Å². The Labute approximate surface area is 426 Å². The third-order valence-electron chi connectivity index (χ3n) is 12.9. The van der Waals surface area contributed by atoms with Gasteiger partial charge in [0.2, 0.25) is 0 Å². The summed E-state index contributed by atoms with van der Waals surface area (Å²) in [6.07, 6.45) is 59.1. The number of rotatable bonds is 54. The van der Waals surface area contributed by atoms with Gasteiger partial charge in [0.15, 0.2) is 12.4 Å². The van der Waals surface area contributed by atoms with Gasteiger partial charge >= 0.3 is 11.9 Å². The van der Waals surface area contributed by atoms with E-state index in [1.54, 1.807) is 0 Å². The molecular formula is C60H111NO8. The van der Waals surface area contributed by atoms with Crippen LogP contribution < -0.4 is 5.11 Å². The highest BCUT2D eigenvalue weighted by Gasteiger charge is 2.22. The molecule has 9 nitrogen and oxygen atoms in total. The molecule has 2 unspecified atom stereocenters. The van der Waals surface area contributed by atoms with Crippen molar-refractivity contribution in [1.29, 1.82) is 0 Å². The molecule has 404 valence electrons. The first-order valence-corrected chi connectivity index (χ1v) is 29.1. The van der Waals surface area contributed by atoms with E-state index in [0.717, 1.165) is 44.9 Å². The normalized spacial score (nSPS) is 13.0. The molecule has 0 aliphatic rings. The van der Waals surface area contributed by atoms with Crippen LogP contribution in [0, 0.1) is 0 Å². The van der Waals surface area contributed by atoms with Crippen molar-refractivity contribution in [2.45, 2.75) is 283 Å². The summed E-state index contributed by atoms with van der Waals surface area (Å²) < 4.78 is 22.7. The first kappa shape index (κ1) is 66.5. The molecule has 0 amide bonds. The summed E-state index contributed by atoms with van der Waals surface area (Å²) in [5.74, 6) is -2.27. The number of allylic oxidation sites excluding steroid dienone is 6. The predicted molar refractivity (Wildman–Crippen MR) is 288 cm³/mol. The molecule has 0 radical (unpaired) electrons. The number of likely N-dealkylation sites (N-methyl/N-ethyl adjacent to an activating group) is 1. The van der Waals surface area contributed by atoms with E-state index in [1.165, 1.54) is 193 Å². The summed E-state index contributed by atoms with van der Waals surface area (Å²) in [6, 6.07) is 0. The number of ether oxygens (including phenoxy) is 4. The average molecular weight is 975 g/mol. The van der Waals surface area contributed by atoms with Crippen molar-refractivity contribution in [3.8, 4) is 0 Å². The summed E-state index contributed by atoms with van der Waals surface area (Å²) >= 11 is 0. The fraction of sp³-hybridized carbons (Fsp3) is 0.850. The van der Waals surface area contributed by atoms with Gasteiger partial charge in [-0.15, -0.1) is 0 Å². The van der Waals surface area contributed by atoms with Gasteiger partial charge in [0.1, 0.15) is 13.2 Å². The van der Waals surface area contributed by atoms with E-state index < -0.39 is 24.3 Å². The predicted octanol–water partition coefficient (Wildman–Crippen LogP) is 15.6. The lowest BCUT2D eigenvalue weighted by atomic mass is 10.0. The molecule has 0 saturated heterocycles. The molecule has 2 atom stereocenters. The lowest BCUT2D eigenvalue weighted by Crippen LogP contribution is -2.44. The zero-order valence-electron chi connectivity index (χ0n) is 45.9. The van der Waals surface area contributed by atoms with Crippen molar-refractivity contribution in [2.75, 3.05) is 47.5 Å². The molecule has 0 spiro atoms. The second-order valence-corrected chi connectivity index (χ2v) is 20.9. The third kappa shape index (κ3) is 53.1. The Balaban J connectivity index is 4.16. The number of carboxylic acids is 1. The van der Waals surface area contributed by atoms with Crippen LogP contribution in [0.15, 0.2) is 36.5 Å². The molecule has 69 heavy (non-hydrogen) atoms. The SMILES string of the molecule is CCCCCCC/C=C\C/C=C\C/C=C\CCCCCCCCCCCCCCCCC(=O)OC(COC(=O)CCCCCCCCCCCCCCCCC)COC(OCC[N+](C)(C)C)C(=O)[O-]. The van der Waals surface area contributed by atoms with E-state index in [-0.39, 0.29) is 32.2 Å². The Morgan fingerprint density at radius 2 is 0.783 bits per heavy atom. The standard InChI is InChI=1S/C60H111NO8/c1-6-8-10-12-14-16-18-20-22-23-24-25-26-27-28-29-30-31-32-33-34-35-37-39-41-43-45-47-49-51-58(63)69-56(55-68-60(59(64)65)66-53-52-61(3,4)5)54-67-57(62)50-48-46-44-42-40-38-36-21-19-17-15-13-11-9-7-2/h18,20,23-24,26-27,56,60H,6-17,19,21-22,25,28-55H2,1-5H3/b20-18-,24-23-,27-26-. The van der Waals surface area contributed by atoms with E-state index in [2.05, 4.69) is 50.3 Å². The molecule has 0 aromatic rings. The smallest absolute Gasteiger partial charge is 0.306 e. The van der Waals surface area contributed by atoms with Crippen molar-refractivity contribution in [2.24, 2.45) is 0 Å². The van der Waals surface area contributed by atoms with Gasteiger partial charge in [-0.3, -0.25) is 9.59 Å². The molecule has 0 saturated carbocycles. The van der Waals surface area contributed by atoms with Gasteiger partial charge in [0.25, 0.3) is 0 Å². The van der Waals surface area contributed by atoms with Crippen LogP contribution in [0.5, 0.6) is 0 Å². The quantitative estimate of drug-likeness (QED) is 0.0195. The molecule has 0 rings (SSSR count). The maximum absolute atomic E-state index is 12.9. The number of hydrogen-bond donors (Lipinski definition) is 0. The van der Waals surface area contributed by atoms with Gasteiger partial charge in [-0.1, -0.05) is 243 Å². The highest BCUT2D eigenvalue weighted by molar-refractivity contribution is 5.70. The van der Waals surface area contributed by atoms with Crippen LogP contribution in [0.4, 0.5) is 0 Å². The van der Waals surface area contributed by atoms with Crippen molar-refractivity contribution < 1.29 is 42.9 Å². The molecule has 0 aliphatic carbocycles. The Morgan fingerprint density at radius 3 is 1.16 bits per heavy atom. The molecule has 0 fully saturated rings. The van der Waals surface area contributed by atoms with Crippen LogP contribution >= 0.6 is 0 Å². The zero-order chi connectivity index (χ0) is 50.6. The summed E-state index contributed by atoms with van der Waals surface area (Å²) in [7, 11) is 5.93. The number of carbonyl (C=O) groups is 3. The summed E-state index contributed by atoms with van der Waals surface area (Å²) in [5.41, 5.74) is 0. The summed E-state index contributed by atoms with van der Waals surface area (Å²) in [4.78, 5) is 37.2. The lowest BCUT2D eigenvalue weighted by Gasteiger charge is -2.26. The van der Waals surface area contributed by atoms with Gasteiger partial charge < -0.3 is 33.3 Å². The molecule has 0 aromatic heterocycles. The van der Waals surface area contributed by atoms with Crippen molar-refractivity contribution >= 4 is 17.9 Å². The zero-order valence-corrected chi connectivity index (χ0v) is 45.9. The summed E-state index contributed by atoms with van der Waals surface area (Å²) in [5, 5.41) is 11.8. The number of esters is 2. The highest BCUT2D eigenvalue weighted by Crippen LogP contribution is 2.17. The molecule has 0 aromatic carbocycles. The number of quaternary nitrogens is 1. The van der Waals surface area contributed by atoms with E-state index in [4.69, 9.17) is 18.9 Å². The Bertz CT molecular complexity index is 1230. The lowest BCUT2D eigenvalue weighted by molar-refractivity contribution is -0.870. The van der Waals surface area contributed by atoms with Gasteiger partial charge in [0.05, 0.1) is 40.3 Å². The molecule has 0 aliphatic heterocycles. The van der Waals surface area contributed by atoms with Crippen LogP contribution in [0.2, 0.25) is 0 Å². The first-order chi connectivity index (χ1) is 33.6. The van der Waals surface area contributed by atoms with Crippen LogP contribution in [-0.4, -0.2) is 82.3 Å². The van der Waals surface area contributed by atoms with E-state index in [1.807, 2.05) is 21.1 Å². The average Bonchev–Trinajstić information content (AvgIpc) is 3.31. The fourth-order valence-electron chi connectivity index (χ4n) is 8.37. The van der Waals surface area contributed by atoms with Gasteiger partial charge in [-0.2, -0.15) is 0 Å². The minimum absolute atomic E-state index is 0.150. The maximum Gasteiger partial charge on any atom is 0.306 e. The molecule has 0 bridgehead atoms. The number of carbonyl (C=O) groups excluding carboxylic acids is 3. The number of unbranched alkanes of at least 4 members (excludes halogenated alkanes) is 33. The highest BCUT2D eigenvalue weighted by atomic mass is 16.7. The fourth-order valence-corrected chi connectivity index (χ4v) is 8.37. The molecule has 0 heterocycles. The number of nitrogens with zero attached hydrogens (tertiary/aromatic N) is 1. The first-order valence-electron chi connectivity index (χ1n) is 29.1. The maximum atomic E-state index is 12.9. The van der Waals surface area contributed by atoms with Crippen LogP contribution in [-0.2, 0) is 33.3 Å². The topological polar surface area (TPSA) is 111 Å². The minimum atomic E-state index is -1.62. The van der Waals surface area contributed by atoms with E-state index >= 15 is 0 Å². The molecule has 9 heteroatoms. The molecule has 0 N–H and O–H groups in total.